The summed E-state index contributed by atoms with van der Waals surface area (Å²) in [5.41, 5.74) is 7.26. The minimum absolute atomic E-state index is 0.0579. The average Bonchev–Trinajstić information content (AvgIpc) is 2.28. The maximum Gasteiger partial charge on any atom is 0.173 e. The first-order chi connectivity index (χ1) is 7.22. The fourth-order valence-electron chi connectivity index (χ4n) is 1.26. The van der Waals surface area contributed by atoms with Gasteiger partial charge in [-0.15, -0.1) is 0 Å². The van der Waals surface area contributed by atoms with Gasteiger partial charge < -0.3 is 15.7 Å². The zero-order chi connectivity index (χ0) is 11.3. The molecule has 1 aromatic rings. The van der Waals surface area contributed by atoms with Crippen LogP contribution in [0.2, 0.25) is 0 Å². The molecule has 0 atom stereocenters. The van der Waals surface area contributed by atoms with Crippen LogP contribution in [0.25, 0.3) is 0 Å². The normalized spacial score (nSPS) is 11.5. The van der Waals surface area contributed by atoms with E-state index in [1.54, 1.807) is 24.9 Å². The van der Waals surface area contributed by atoms with Crippen LogP contribution in [0, 0.1) is 0 Å². The van der Waals surface area contributed by atoms with Gasteiger partial charge in [-0.3, -0.25) is 0 Å². The summed E-state index contributed by atoms with van der Waals surface area (Å²) >= 11 is 1.73. The summed E-state index contributed by atoms with van der Waals surface area (Å²) in [6.07, 6.45) is 2.03. The molecule has 1 aromatic carbocycles. The van der Waals surface area contributed by atoms with Crippen LogP contribution >= 0.6 is 11.8 Å². The predicted octanol–water partition coefficient (Wildman–Crippen LogP) is 1.65. The zero-order valence-corrected chi connectivity index (χ0v) is 9.54. The quantitative estimate of drug-likeness (QED) is 0.354. The van der Waals surface area contributed by atoms with Gasteiger partial charge in [0.05, 0.1) is 12.7 Å². The number of oxime groups is 1. The number of methoxy groups -OCH3 is 1. The molecule has 0 heterocycles. The highest BCUT2D eigenvalue weighted by Gasteiger charge is 2.08. The van der Waals surface area contributed by atoms with Gasteiger partial charge >= 0.3 is 0 Å². The van der Waals surface area contributed by atoms with E-state index in [0.717, 1.165) is 11.3 Å². The third-order valence-corrected chi connectivity index (χ3v) is 2.58. The van der Waals surface area contributed by atoms with Crippen molar-refractivity contribution in [1.82, 2.24) is 0 Å². The molecular weight excluding hydrogens is 212 g/mol. The van der Waals surface area contributed by atoms with Gasteiger partial charge in [0.2, 0.25) is 0 Å². The number of amidine groups is 1. The number of benzene rings is 1. The SMILES string of the molecule is COc1cc(CSC)ccc1/C(N)=N/O. The lowest BCUT2D eigenvalue weighted by Crippen LogP contribution is -2.14. The van der Waals surface area contributed by atoms with Crippen molar-refractivity contribution in [3.8, 4) is 5.75 Å². The van der Waals surface area contributed by atoms with Crippen molar-refractivity contribution < 1.29 is 9.94 Å². The fourth-order valence-corrected chi connectivity index (χ4v) is 1.77. The Bertz CT molecular complexity index is 366. The molecular formula is C10H14N2O2S. The lowest BCUT2D eigenvalue weighted by Gasteiger charge is -2.08. The molecule has 4 nitrogen and oxygen atoms in total. The van der Waals surface area contributed by atoms with Gasteiger partial charge in [0.25, 0.3) is 0 Å². The molecule has 15 heavy (non-hydrogen) atoms. The van der Waals surface area contributed by atoms with Gasteiger partial charge in [0.15, 0.2) is 5.84 Å². The molecule has 0 radical (unpaired) electrons. The van der Waals surface area contributed by atoms with Crippen LogP contribution < -0.4 is 10.5 Å². The zero-order valence-electron chi connectivity index (χ0n) is 8.73. The Kier molecular flexibility index (Phi) is 4.30. The summed E-state index contributed by atoms with van der Waals surface area (Å²) in [5, 5.41) is 11.5. The third kappa shape index (κ3) is 2.79. The molecule has 0 unspecified atom stereocenters. The first-order valence-electron chi connectivity index (χ1n) is 4.36. The first-order valence-corrected chi connectivity index (χ1v) is 5.76. The van der Waals surface area contributed by atoms with Crippen molar-refractivity contribution in [2.75, 3.05) is 13.4 Å². The van der Waals surface area contributed by atoms with Gasteiger partial charge in [0, 0.05) is 5.75 Å². The summed E-state index contributed by atoms with van der Waals surface area (Å²) in [5.74, 6) is 1.59. The maximum atomic E-state index is 8.58. The third-order valence-electron chi connectivity index (χ3n) is 1.96. The van der Waals surface area contributed by atoms with E-state index in [9.17, 15) is 0 Å². The van der Waals surface area contributed by atoms with E-state index in [1.165, 1.54) is 0 Å². The van der Waals surface area contributed by atoms with Crippen LogP contribution in [-0.2, 0) is 5.75 Å². The highest BCUT2D eigenvalue weighted by Crippen LogP contribution is 2.22. The average molecular weight is 226 g/mol. The minimum Gasteiger partial charge on any atom is -0.496 e. The Morgan fingerprint density at radius 2 is 2.33 bits per heavy atom. The van der Waals surface area contributed by atoms with Crippen molar-refractivity contribution in [3.05, 3.63) is 29.3 Å². The molecule has 0 fully saturated rings. The number of nitrogens with two attached hydrogens (primary N) is 1. The summed E-state index contributed by atoms with van der Waals surface area (Å²) in [6, 6.07) is 5.62. The molecule has 0 amide bonds. The van der Waals surface area contributed by atoms with Crippen LogP contribution in [-0.4, -0.2) is 24.4 Å². The van der Waals surface area contributed by atoms with Gasteiger partial charge in [-0.2, -0.15) is 11.8 Å². The second kappa shape index (κ2) is 5.50. The number of ether oxygens (including phenoxy) is 1. The number of hydrogen-bond donors (Lipinski definition) is 2. The lowest BCUT2D eigenvalue weighted by molar-refractivity contribution is 0.318. The molecule has 5 heteroatoms. The Morgan fingerprint density at radius 1 is 1.60 bits per heavy atom. The summed E-state index contributed by atoms with van der Waals surface area (Å²) in [6.45, 7) is 0. The fraction of sp³-hybridized carbons (Fsp3) is 0.300. The molecule has 0 spiro atoms. The largest absolute Gasteiger partial charge is 0.496 e. The molecule has 0 aliphatic rings. The highest BCUT2D eigenvalue weighted by atomic mass is 32.2. The van der Waals surface area contributed by atoms with Crippen molar-refractivity contribution >= 4 is 17.6 Å². The van der Waals surface area contributed by atoms with Gasteiger partial charge in [-0.1, -0.05) is 11.2 Å². The van der Waals surface area contributed by atoms with E-state index in [1.807, 2.05) is 18.4 Å². The van der Waals surface area contributed by atoms with E-state index in [4.69, 9.17) is 15.7 Å². The molecule has 0 aliphatic carbocycles. The van der Waals surface area contributed by atoms with Crippen molar-refractivity contribution in [3.63, 3.8) is 0 Å². The molecule has 3 N–H and O–H groups in total. The standard InChI is InChI=1S/C10H14N2O2S/c1-14-9-5-7(6-15-2)3-4-8(9)10(11)12-13/h3-5,13H,6H2,1-2H3,(H2,11,12). The molecule has 0 aliphatic heterocycles. The number of nitrogens with zero attached hydrogens (tertiary/aromatic N) is 1. The van der Waals surface area contributed by atoms with E-state index in [-0.39, 0.29) is 5.84 Å². The Balaban J connectivity index is 3.09. The Morgan fingerprint density at radius 3 is 2.87 bits per heavy atom. The number of thioether (sulfide) groups is 1. The van der Waals surface area contributed by atoms with Crippen LogP contribution in [0.5, 0.6) is 5.75 Å². The lowest BCUT2D eigenvalue weighted by atomic mass is 10.1. The van der Waals surface area contributed by atoms with Crippen molar-refractivity contribution in [1.29, 1.82) is 0 Å². The Hall–Kier alpha value is -1.36. The van der Waals surface area contributed by atoms with Crippen molar-refractivity contribution in [2.24, 2.45) is 10.9 Å². The van der Waals surface area contributed by atoms with E-state index in [0.29, 0.717) is 11.3 Å². The van der Waals surface area contributed by atoms with Crippen LogP contribution in [0.15, 0.2) is 23.4 Å². The molecule has 82 valence electrons. The summed E-state index contributed by atoms with van der Waals surface area (Å²) in [7, 11) is 1.56. The van der Waals surface area contributed by atoms with E-state index < -0.39 is 0 Å². The van der Waals surface area contributed by atoms with Crippen LogP contribution in [0.3, 0.4) is 0 Å². The number of hydrogen-bond acceptors (Lipinski definition) is 4. The van der Waals surface area contributed by atoms with E-state index >= 15 is 0 Å². The summed E-state index contributed by atoms with van der Waals surface area (Å²) < 4.78 is 5.17. The van der Waals surface area contributed by atoms with Crippen molar-refractivity contribution in [2.45, 2.75) is 5.75 Å². The van der Waals surface area contributed by atoms with E-state index in [2.05, 4.69) is 5.16 Å². The highest BCUT2D eigenvalue weighted by molar-refractivity contribution is 7.97. The Labute approximate surface area is 93.1 Å². The molecule has 0 aromatic heterocycles. The van der Waals surface area contributed by atoms with Gasteiger partial charge in [-0.05, 0) is 24.0 Å². The molecule has 0 saturated heterocycles. The second-order valence-corrected chi connectivity index (χ2v) is 3.82. The van der Waals surface area contributed by atoms with Crippen LogP contribution in [0.1, 0.15) is 11.1 Å². The summed E-state index contributed by atoms with van der Waals surface area (Å²) in [4.78, 5) is 0. The second-order valence-electron chi connectivity index (χ2n) is 2.95. The molecule has 0 saturated carbocycles. The molecule has 0 bridgehead atoms. The predicted molar refractivity (Wildman–Crippen MR) is 62.7 cm³/mol. The molecule has 1 rings (SSSR count). The number of rotatable bonds is 4. The topological polar surface area (TPSA) is 67.8 Å². The van der Waals surface area contributed by atoms with Crippen LogP contribution in [0.4, 0.5) is 0 Å². The van der Waals surface area contributed by atoms with Gasteiger partial charge in [0.1, 0.15) is 5.75 Å². The smallest absolute Gasteiger partial charge is 0.173 e. The van der Waals surface area contributed by atoms with Gasteiger partial charge in [-0.25, -0.2) is 0 Å². The maximum absolute atomic E-state index is 8.58. The minimum atomic E-state index is 0.0579. The monoisotopic (exact) mass is 226 g/mol. The first kappa shape index (κ1) is 11.7.